The number of piperidine rings is 1. The van der Waals surface area contributed by atoms with E-state index in [1.54, 1.807) is 29.5 Å². The van der Waals surface area contributed by atoms with Gasteiger partial charge in [-0.3, -0.25) is 0 Å². The van der Waals surface area contributed by atoms with E-state index < -0.39 is 0 Å². The first-order chi connectivity index (χ1) is 11.8. The lowest BCUT2D eigenvalue weighted by Crippen LogP contribution is -2.46. The first-order valence-corrected chi connectivity index (χ1v) is 8.77. The number of ether oxygens (including phenoxy) is 2. The highest BCUT2D eigenvalue weighted by Gasteiger charge is 2.22. The minimum absolute atomic E-state index is 0.176. The fourth-order valence-electron chi connectivity index (χ4n) is 2.91. The summed E-state index contributed by atoms with van der Waals surface area (Å²) in [6, 6.07) is 5.35. The Kier molecular flexibility index (Phi) is 4.12. The van der Waals surface area contributed by atoms with Crippen LogP contribution in [0.25, 0.3) is 0 Å². The van der Waals surface area contributed by atoms with E-state index in [2.05, 4.69) is 20.5 Å². The number of hydrogen-bond acceptors (Lipinski definition) is 6. The highest BCUT2D eigenvalue weighted by atomic mass is 32.1. The summed E-state index contributed by atoms with van der Waals surface area (Å²) in [6.45, 7) is 2.04. The number of fused-ring (bicyclic) bond motifs is 1. The summed E-state index contributed by atoms with van der Waals surface area (Å²) in [5.74, 6) is 1.36. The molecule has 0 atom stereocenters. The van der Waals surface area contributed by atoms with Gasteiger partial charge in [0.15, 0.2) is 16.6 Å². The number of nitrogens with one attached hydrogen (secondary N) is 2. The number of hydrogen-bond donors (Lipinski definition) is 2. The normalized spacial score (nSPS) is 16.9. The van der Waals surface area contributed by atoms with Crippen molar-refractivity contribution >= 4 is 28.2 Å². The largest absolute Gasteiger partial charge is 0.454 e. The van der Waals surface area contributed by atoms with Gasteiger partial charge in [0.1, 0.15) is 0 Å². The second kappa shape index (κ2) is 6.56. The third-order valence-corrected chi connectivity index (χ3v) is 4.98. The van der Waals surface area contributed by atoms with Crippen molar-refractivity contribution in [2.75, 3.05) is 30.1 Å². The third kappa shape index (κ3) is 3.23. The molecule has 2 aromatic rings. The number of rotatable bonds is 3. The molecule has 0 saturated carbocycles. The molecule has 1 saturated heterocycles. The number of nitrogens with zero attached hydrogens (tertiary/aromatic N) is 2. The number of carbonyl (C=O) groups is 1. The number of urea groups is 1. The molecule has 0 bridgehead atoms. The van der Waals surface area contributed by atoms with Crippen molar-refractivity contribution < 1.29 is 14.3 Å². The average molecular weight is 346 g/mol. The molecule has 3 heterocycles. The summed E-state index contributed by atoms with van der Waals surface area (Å²) in [6.07, 6.45) is 3.64. The van der Waals surface area contributed by atoms with Gasteiger partial charge < -0.3 is 25.0 Å². The van der Waals surface area contributed by atoms with Crippen LogP contribution in [-0.2, 0) is 0 Å². The van der Waals surface area contributed by atoms with Crippen LogP contribution in [0, 0.1) is 0 Å². The average Bonchev–Trinajstić information content (AvgIpc) is 3.26. The fraction of sp³-hybridized carbons (Fsp3) is 0.375. The van der Waals surface area contributed by atoms with Gasteiger partial charge in [0, 0.05) is 42.5 Å². The zero-order chi connectivity index (χ0) is 16.4. The molecular formula is C16H18N4O3S. The summed E-state index contributed by atoms with van der Waals surface area (Å²) in [7, 11) is 0. The Balaban J connectivity index is 1.28. The molecule has 126 valence electrons. The van der Waals surface area contributed by atoms with Crippen molar-refractivity contribution in [3.63, 3.8) is 0 Å². The molecule has 1 aromatic heterocycles. The van der Waals surface area contributed by atoms with Crippen molar-refractivity contribution in [3.05, 3.63) is 29.8 Å². The summed E-state index contributed by atoms with van der Waals surface area (Å²) in [5.41, 5.74) is 0.692. The van der Waals surface area contributed by atoms with E-state index in [4.69, 9.17) is 9.47 Å². The van der Waals surface area contributed by atoms with E-state index in [1.165, 1.54) is 0 Å². The molecule has 0 radical (unpaired) electrons. The SMILES string of the molecule is O=C(Nc1ccc2c(c1)OCO2)NC1CCN(c2nccs2)CC1. The smallest absolute Gasteiger partial charge is 0.319 e. The number of amides is 2. The van der Waals surface area contributed by atoms with Crippen LogP contribution >= 0.6 is 11.3 Å². The number of aromatic nitrogens is 1. The lowest BCUT2D eigenvalue weighted by Gasteiger charge is -2.32. The van der Waals surface area contributed by atoms with E-state index >= 15 is 0 Å². The highest BCUT2D eigenvalue weighted by molar-refractivity contribution is 7.13. The van der Waals surface area contributed by atoms with Crippen LogP contribution in [-0.4, -0.2) is 36.9 Å². The van der Waals surface area contributed by atoms with Crippen molar-refractivity contribution in [1.29, 1.82) is 0 Å². The van der Waals surface area contributed by atoms with Crippen LogP contribution in [0.4, 0.5) is 15.6 Å². The zero-order valence-electron chi connectivity index (χ0n) is 13.0. The second-order valence-electron chi connectivity index (χ2n) is 5.74. The number of anilines is 2. The van der Waals surface area contributed by atoms with Gasteiger partial charge in [-0.05, 0) is 25.0 Å². The Hall–Kier alpha value is -2.48. The van der Waals surface area contributed by atoms with E-state index in [9.17, 15) is 4.79 Å². The second-order valence-corrected chi connectivity index (χ2v) is 6.62. The zero-order valence-corrected chi connectivity index (χ0v) is 13.8. The maximum Gasteiger partial charge on any atom is 0.319 e. The Morgan fingerprint density at radius 2 is 2.08 bits per heavy atom. The molecule has 0 aliphatic carbocycles. The molecule has 1 aromatic carbocycles. The van der Waals surface area contributed by atoms with Crippen molar-refractivity contribution in [1.82, 2.24) is 10.3 Å². The number of benzene rings is 1. The Labute approximate surface area is 143 Å². The molecular weight excluding hydrogens is 328 g/mol. The van der Waals surface area contributed by atoms with Gasteiger partial charge in [0.25, 0.3) is 0 Å². The predicted molar refractivity (Wildman–Crippen MR) is 92.1 cm³/mol. The number of thiazole rings is 1. The first-order valence-electron chi connectivity index (χ1n) is 7.89. The molecule has 8 heteroatoms. The quantitative estimate of drug-likeness (QED) is 0.894. The minimum Gasteiger partial charge on any atom is -0.454 e. The molecule has 0 spiro atoms. The summed E-state index contributed by atoms with van der Waals surface area (Å²) < 4.78 is 10.6. The number of carbonyl (C=O) groups excluding carboxylic acids is 1. The van der Waals surface area contributed by atoms with Crippen LogP contribution in [0.15, 0.2) is 29.8 Å². The fourth-order valence-corrected chi connectivity index (χ4v) is 3.61. The Bertz CT molecular complexity index is 714. The van der Waals surface area contributed by atoms with E-state index in [1.807, 2.05) is 11.6 Å². The van der Waals surface area contributed by atoms with Crippen molar-refractivity contribution in [2.24, 2.45) is 0 Å². The van der Waals surface area contributed by atoms with Gasteiger partial charge in [-0.25, -0.2) is 9.78 Å². The van der Waals surface area contributed by atoms with Gasteiger partial charge in [-0.1, -0.05) is 0 Å². The van der Waals surface area contributed by atoms with E-state index in [0.717, 1.165) is 31.1 Å². The standard InChI is InChI=1S/C16H18N4O3S/c21-15(19-12-1-2-13-14(9-12)23-10-22-13)18-11-3-6-20(7-4-11)16-17-5-8-24-16/h1-2,5,8-9,11H,3-4,6-7,10H2,(H2,18,19,21). The molecule has 4 rings (SSSR count). The summed E-state index contributed by atoms with van der Waals surface area (Å²) in [4.78, 5) is 18.8. The molecule has 2 amide bonds. The molecule has 7 nitrogen and oxygen atoms in total. The molecule has 1 fully saturated rings. The summed E-state index contributed by atoms with van der Waals surface area (Å²) >= 11 is 1.65. The maximum absolute atomic E-state index is 12.2. The van der Waals surface area contributed by atoms with Crippen molar-refractivity contribution in [2.45, 2.75) is 18.9 Å². The molecule has 0 unspecified atom stereocenters. The lowest BCUT2D eigenvalue weighted by atomic mass is 10.1. The summed E-state index contributed by atoms with van der Waals surface area (Å²) in [5, 5.41) is 8.92. The van der Waals surface area contributed by atoms with Gasteiger partial charge in [0.05, 0.1) is 0 Å². The minimum atomic E-state index is -0.193. The molecule has 2 N–H and O–H groups in total. The topological polar surface area (TPSA) is 75.7 Å². The Morgan fingerprint density at radius 3 is 2.88 bits per heavy atom. The molecule has 24 heavy (non-hydrogen) atoms. The van der Waals surface area contributed by atoms with Crippen molar-refractivity contribution in [3.8, 4) is 11.5 Å². The molecule has 2 aliphatic rings. The van der Waals surface area contributed by atoms with Gasteiger partial charge in [0.2, 0.25) is 6.79 Å². The first kappa shape index (κ1) is 15.1. The van der Waals surface area contributed by atoms with Crippen LogP contribution < -0.4 is 25.0 Å². The van der Waals surface area contributed by atoms with E-state index in [-0.39, 0.29) is 18.9 Å². The van der Waals surface area contributed by atoms with Gasteiger partial charge in [-0.2, -0.15) is 0 Å². The van der Waals surface area contributed by atoms with Crippen LogP contribution in [0.1, 0.15) is 12.8 Å². The Morgan fingerprint density at radius 1 is 1.25 bits per heavy atom. The van der Waals surface area contributed by atoms with Gasteiger partial charge in [-0.15, -0.1) is 11.3 Å². The predicted octanol–water partition coefficient (Wildman–Crippen LogP) is 2.66. The van der Waals surface area contributed by atoms with E-state index in [0.29, 0.717) is 17.2 Å². The van der Waals surface area contributed by atoms with Crippen LogP contribution in [0.3, 0.4) is 0 Å². The monoisotopic (exact) mass is 346 g/mol. The van der Waals surface area contributed by atoms with Gasteiger partial charge >= 0.3 is 6.03 Å². The lowest BCUT2D eigenvalue weighted by molar-refractivity contribution is 0.174. The maximum atomic E-state index is 12.2. The van der Waals surface area contributed by atoms with Crippen LogP contribution in [0.2, 0.25) is 0 Å². The third-order valence-electron chi connectivity index (χ3n) is 4.15. The molecule has 2 aliphatic heterocycles. The highest BCUT2D eigenvalue weighted by Crippen LogP contribution is 2.34. The van der Waals surface area contributed by atoms with Crippen LogP contribution in [0.5, 0.6) is 11.5 Å².